The number of hydrogen-bond donors (Lipinski definition) is 1. The molecule has 2 rings (SSSR count). The number of aromatic nitrogens is 1. The minimum atomic E-state index is -2.33. The van der Waals surface area contributed by atoms with Gasteiger partial charge in [-0.1, -0.05) is 83.1 Å². The molecule has 0 aliphatic carbocycles. The molecule has 0 aromatic carbocycles. The second-order valence-electron chi connectivity index (χ2n) is 14.1. The molecule has 0 radical (unpaired) electrons. The lowest BCUT2D eigenvalue weighted by molar-refractivity contribution is -0.168. The summed E-state index contributed by atoms with van der Waals surface area (Å²) >= 11 is 0. The molecule has 1 aliphatic rings. The maximum atomic E-state index is 12.6. The summed E-state index contributed by atoms with van der Waals surface area (Å²) in [6.45, 7) is 30.1. The predicted octanol–water partition coefficient (Wildman–Crippen LogP) is 8.96. The molecule has 0 bridgehead atoms. The van der Waals surface area contributed by atoms with Gasteiger partial charge in [0.05, 0.1) is 42.9 Å². The molecule has 1 aromatic heterocycles. The topological polar surface area (TPSA) is 92.9 Å². The number of carbonyl (C=O) groups excluding carboxylic acids is 1. The van der Waals surface area contributed by atoms with E-state index in [0.29, 0.717) is 58.4 Å². The van der Waals surface area contributed by atoms with Crippen LogP contribution in [0.2, 0.25) is 33.2 Å². The van der Waals surface area contributed by atoms with Crippen molar-refractivity contribution in [3.63, 3.8) is 0 Å². The fourth-order valence-corrected chi connectivity index (χ4v) is 19.3. The molecule has 2 heterocycles. The quantitative estimate of drug-likeness (QED) is 0.154. The number of carbonyl (C=O) groups is 1. The van der Waals surface area contributed by atoms with Gasteiger partial charge in [-0.2, -0.15) is 0 Å². The highest BCUT2D eigenvalue weighted by Gasteiger charge is 2.54. The summed E-state index contributed by atoms with van der Waals surface area (Å²) in [5.41, 5.74) is 10.5. The maximum absolute atomic E-state index is 12.6. The number of ether oxygens (including phenoxy) is 2. The van der Waals surface area contributed by atoms with Crippen LogP contribution in [-0.2, 0) is 23.1 Å². The lowest BCUT2D eigenvalue weighted by Gasteiger charge is -2.53. The predicted molar refractivity (Wildman–Crippen MR) is 179 cm³/mol. The average Bonchev–Trinajstić information content (AvgIpc) is 2.88. The number of pyridine rings is 1. The van der Waals surface area contributed by atoms with E-state index in [1.54, 1.807) is 12.4 Å². The Morgan fingerprint density at radius 3 is 1.86 bits per heavy atom. The van der Waals surface area contributed by atoms with Gasteiger partial charge in [0.2, 0.25) is 16.6 Å². The molecule has 9 heteroatoms. The van der Waals surface area contributed by atoms with E-state index in [4.69, 9.17) is 24.1 Å². The molecule has 0 saturated carbocycles. The van der Waals surface area contributed by atoms with Gasteiger partial charge >= 0.3 is 5.97 Å². The molecule has 42 heavy (non-hydrogen) atoms. The van der Waals surface area contributed by atoms with Gasteiger partial charge in [0.15, 0.2) is 0 Å². The van der Waals surface area contributed by atoms with Crippen molar-refractivity contribution in [3.05, 3.63) is 24.0 Å². The van der Waals surface area contributed by atoms with Gasteiger partial charge < -0.3 is 24.1 Å². The van der Waals surface area contributed by atoms with Crippen molar-refractivity contribution < 1.29 is 23.1 Å². The Balaban J connectivity index is 2.75. The lowest BCUT2D eigenvalue weighted by Crippen LogP contribution is -2.61. The molecule has 2 N–H and O–H groups in total. The van der Waals surface area contributed by atoms with E-state index in [1.165, 1.54) is 0 Å². The minimum Gasteiger partial charge on any atom is -0.466 e. The number of rotatable bonds is 15. The molecule has 1 saturated heterocycles. The smallest absolute Gasteiger partial charge is 0.305 e. The van der Waals surface area contributed by atoms with Crippen molar-refractivity contribution in [2.24, 2.45) is 0 Å². The zero-order chi connectivity index (χ0) is 32.0. The Kier molecular flexibility index (Phi) is 13.8. The zero-order valence-electron chi connectivity index (χ0n) is 28.9. The SMILES string of the molecule is CCOC(=O)CC[C@H]1O[C@H](c2ccncc2N)C[C@@H](O[Si](C(C)C)(C(C)C)C(C)C)[C@@H]1O[Si](C(C)C)(C(C)C)C(C)C. The Morgan fingerprint density at radius 1 is 0.905 bits per heavy atom. The highest BCUT2D eigenvalue weighted by molar-refractivity contribution is 6.78. The number of nitrogen functional groups attached to an aromatic ring is 1. The van der Waals surface area contributed by atoms with Gasteiger partial charge in [0.25, 0.3) is 0 Å². The minimum absolute atomic E-state index is 0.189. The monoisotopic (exact) mass is 622 g/mol. The van der Waals surface area contributed by atoms with Gasteiger partial charge in [-0.05, 0) is 52.7 Å². The molecule has 0 spiro atoms. The molecule has 1 aliphatic heterocycles. The molecule has 1 aromatic rings. The summed E-state index contributed by atoms with van der Waals surface area (Å²) in [4.78, 5) is 16.8. The van der Waals surface area contributed by atoms with Gasteiger partial charge in [0.1, 0.15) is 0 Å². The third-order valence-corrected chi connectivity index (χ3v) is 22.0. The highest BCUT2D eigenvalue weighted by atomic mass is 28.4. The summed E-state index contributed by atoms with van der Waals surface area (Å²) in [5.74, 6) is -0.210. The average molecular weight is 623 g/mol. The van der Waals surface area contributed by atoms with Crippen molar-refractivity contribution in [1.82, 2.24) is 4.98 Å². The number of nitrogens with zero attached hydrogens (tertiary/aromatic N) is 1. The van der Waals surface area contributed by atoms with Crippen LogP contribution in [0.15, 0.2) is 18.5 Å². The molecule has 1 fully saturated rings. The summed E-state index contributed by atoms with van der Waals surface area (Å²) in [6, 6.07) is 1.95. The van der Waals surface area contributed by atoms with Crippen molar-refractivity contribution in [2.75, 3.05) is 12.3 Å². The number of anilines is 1. The van der Waals surface area contributed by atoms with Crippen LogP contribution < -0.4 is 5.73 Å². The van der Waals surface area contributed by atoms with Crippen LogP contribution in [0, 0.1) is 0 Å². The van der Waals surface area contributed by atoms with E-state index in [-0.39, 0.29) is 36.8 Å². The van der Waals surface area contributed by atoms with Gasteiger partial charge in [-0.3, -0.25) is 9.78 Å². The standard InChI is InChI=1S/C33H62N2O5Si2/c1-14-37-32(36)16-15-29-33(40-42(24(8)9,25(10)11)26(12)13)31(39-41(21(2)3,22(4)5)23(6)7)19-30(38-29)27-17-18-35-20-28(27)34/h17-18,20-26,29-31,33H,14-16,19,34H2,1-13H3/t29-,30+,31-,33-/m1/s1. The van der Waals surface area contributed by atoms with Crippen LogP contribution >= 0.6 is 0 Å². The molecular formula is C33H62N2O5Si2. The zero-order valence-corrected chi connectivity index (χ0v) is 30.9. The third kappa shape index (κ3) is 7.87. The lowest BCUT2D eigenvalue weighted by atomic mass is 9.92. The largest absolute Gasteiger partial charge is 0.466 e. The Hall–Kier alpha value is -1.27. The fourth-order valence-electron chi connectivity index (χ4n) is 8.15. The van der Waals surface area contributed by atoms with E-state index >= 15 is 0 Å². The highest BCUT2D eigenvalue weighted by Crippen LogP contribution is 2.50. The molecule has 0 amide bonds. The van der Waals surface area contributed by atoms with Crippen LogP contribution in [0.4, 0.5) is 5.69 Å². The van der Waals surface area contributed by atoms with E-state index in [9.17, 15) is 4.79 Å². The van der Waals surface area contributed by atoms with Gasteiger partial charge in [-0.25, -0.2) is 0 Å². The van der Waals surface area contributed by atoms with Crippen LogP contribution in [0.3, 0.4) is 0 Å². The summed E-state index contributed by atoms with van der Waals surface area (Å²) in [5, 5.41) is 0. The normalized spacial score (nSPS) is 22.3. The molecule has 7 nitrogen and oxygen atoms in total. The van der Waals surface area contributed by atoms with Crippen molar-refractivity contribution in [2.45, 2.75) is 167 Å². The first-order chi connectivity index (χ1) is 19.6. The van der Waals surface area contributed by atoms with E-state index in [1.807, 2.05) is 13.0 Å². The molecule has 0 unspecified atom stereocenters. The van der Waals surface area contributed by atoms with E-state index in [0.717, 1.165) is 5.56 Å². The number of esters is 1. The maximum Gasteiger partial charge on any atom is 0.305 e. The Labute approximate surface area is 259 Å². The van der Waals surface area contributed by atoms with Crippen LogP contribution in [-0.4, -0.2) is 52.5 Å². The van der Waals surface area contributed by atoms with Crippen molar-refractivity contribution >= 4 is 28.3 Å². The Morgan fingerprint density at radius 2 is 1.40 bits per heavy atom. The second kappa shape index (κ2) is 15.6. The Bertz CT molecular complexity index is 941. The van der Waals surface area contributed by atoms with E-state index < -0.39 is 16.6 Å². The van der Waals surface area contributed by atoms with Crippen molar-refractivity contribution in [1.29, 1.82) is 0 Å². The second-order valence-corrected chi connectivity index (χ2v) is 24.9. The number of nitrogens with two attached hydrogens (primary N) is 1. The van der Waals surface area contributed by atoms with E-state index in [2.05, 4.69) is 88.1 Å². The summed E-state index contributed by atoms with van der Waals surface area (Å²) in [7, 11) is -4.63. The summed E-state index contributed by atoms with van der Waals surface area (Å²) in [6.07, 6.45) is 3.77. The first kappa shape index (κ1) is 36.9. The number of hydrogen-bond acceptors (Lipinski definition) is 7. The third-order valence-electron chi connectivity index (χ3n) is 9.80. The fraction of sp³-hybridized carbons (Fsp3) is 0.818. The molecule has 242 valence electrons. The van der Waals surface area contributed by atoms with Gasteiger partial charge in [0, 0.05) is 24.6 Å². The first-order valence-corrected chi connectivity index (χ1v) is 20.7. The van der Waals surface area contributed by atoms with Gasteiger partial charge in [-0.15, -0.1) is 0 Å². The first-order valence-electron chi connectivity index (χ1n) is 16.4. The molecule has 4 atom stereocenters. The molecular weight excluding hydrogens is 561 g/mol. The van der Waals surface area contributed by atoms with Crippen LogP contribution in [0.1, 0.15) is 121 Å². The van der Waals surface area contributed by atoms with Crippen LogP contribution in [0.5, 0.6) is 0 Å². The summed E-state index contributed by atoms with van der Waals surface area (Å²) < 4.78 is 27.5. The van der Waals surface area contributed by atoms with Crippen LogP contribution in [0.25, 0.3) is 0 Å². The van der Waals surface area contributed by atoms with Crippen molar-refractivity contribution in [3.8, 4) is 0 Å².